The monoisotopic (exact) mass is 285 g/mol. The third-order valence-corrected chi connectivity index (χ3v) is 3.21. The number of carbonyl (C=O) groups excluding carboxylic acids is 3. The predicted octanol–water partition coefficient (Wildman–Crippen LogP) is 0.613. The molecule has 106 valence electrons. The van der Waals surface area contributed by atoms with Crippen molar-refractivity contribution in [2.45, 2.75) is 6.54 Å². The first-order valence-electron chi connectivity index (χ1n) is 6.16. The Hall–Kier alpha value is -2.93. The normalized spacial score (nSPS) is 13.5. The number of benzene rings is 1. The SMILES string of the molecule is NNC(=O)c1ccc(CN2C(=O)C(=O)c3ccccc32)o1. The number of nitrogens with one attached hydrogen (secondary N) is 1. The maximum atomic E-state index is 12.0. The number of rotatable bonds is 3. The molecule has 0 fully saturated rings. The second-order valence-electron chi connectivity index (χ2n) is 4.48. The molecular formula is C14H11N3O4. The van der Waals surface area contributed by atoms with Gasteiger partial charge in [-0.2, -0.15) is 0 Å². The van der Waals surface area contributed by atoms with E-state index in [4.69, 9.17) is 10.3 Å². The van der Waals surface area contributed by atoms with E-state index in [0.29, 0.717) is 17.0 Å². The molecule has 3 N–H and O–H groups in total. The lowest BCUT2D eigenvalue weighted by Gasteiger charge is -2.14. The maximum absolute atomic E-state index is 12.0. The average molecular weight is 285 g/mol. The van der Waals surface area contributed by atoms with Crippen molar-refractivity contribution in [2.75, 3.05) is 4.90 Å². The Balaban J connectivity index is 1.88. The molecule has 3 rings (SSSR count). The molecule has 7 heteroatoms. The number of para-hydroxylation sites is 1. The number of hydrogen-bond donors (Lipinski definition) is 2. The van der Waals surface area contributed by atoms with Crippen LogP contribution in [0.1, 0.15) is 26.7 Å². The van der Waals surface area contributed by atoms with E-state index >= 15 is 0 Å². The zero-order valence-electron chi connectivity index (χ0n) is 10.8. The van der Waals surface area contributed by atoms with E-state index in [-0.39, 0.29) is 12.3 Å². The summed E-state index contributed by atoms with van der Waals surface area (Å²) in [6.07, 6.45) is 0. The fraction of sp³-hybridized carbons (Fsp3) is 0.0714. The van der Waals surface area contributed by atoms with Crippen molar-refractivity contribution in [3.8, 4) is 0 Å². The van der Waals surface area contributed by atoms with E-state index < -0.39 is 17.6 Å². The molecule has 1 aromatic carbocycles. The number of furan rings is 1. The van der Waals surface area contributed by atoms with E-state index in [9.17, 15) is 14.4 Å². The van der Waals surface area contributed by atoms with Crippen LogP contribution in [0.15, 0.2) is 40.8 Å². The highest BCUT2D eigenvalue weighted by molar-refractivity contribution is 6.52. The lowest BCUT2D eigenvalue weighted by Crippen LogP contribution is -2.30. The summed E-state index contributed by atoms with van der Waals surface area (Å²) >= 11 is 0. The van der Waals surface area contributed by atoms with Gasteiger partial charge in [-0.15, -0.1) is 0 Å². The van der Waals surface area contributed by atoms with Crippen LogP contribution in [0, 0.1) is 0 Å². The fourth-order valence-electron chi connectivity index (χ4n) is 2.22. The minimum absolute atomic E-state index is 0.0405. The number of nitrogens with zero attached hydrogens (tertiary/aromatic N) is 1. The second-order valence-corrected chi connectivity index (χ2v) is 4.48. The molecular weight excluding hydrogens is 274 g/mol. The molecule has 2 heterocycles. The van der Waals surface area contributed by atoms with Crippen molar-refractivity contribution >= 4 is 23.3 Å². The number of nitrogen functional groups attached to an aromatic ring is 1. The Bertz CT molecular complexity index is 750. The first kappa shape index (κ1) is 13.1. The number of Topliss-reactive ketones (excluding diaryl/α,β-unsaturated/α-hetero) is 1. The number of anilines is 1. The van der Waals surface area contributed by atoms with E-state index in [1.165, 1.54) is 11.0 Å². The van der Waals surface area contributed by atoms with Crippen LogP contribution in [-0.2, 0) is 11.3 Å². The lowest BCUT2D eigenvalue weighted by molar-refractivity contribution is -0.114. The Morgan fingerprint density at radius 1 is 1.19 bits per heavy atom. The lowest BCUT2D eigenvalue weighted by atomic mass is 10.1. The molecule has 1 aliphatic rings. The summed E-state index contributed by atoms with van der Waals surface area (Å²) in [6, 6.07) is 9.74. The average Bonchev–Trinajstić information content (AvgIpc) is 3.07. The van der Waals surface area contributed by atoms with Crippen molar-refractivity contribution in [1.82, 2.24) is 5.43 Å². The van der Waals surface area contributed by atoms with E-state index in [2.05, 4.69) is 0 Å². The summed E-state index contributed by atoms with van der Waals surface area (Å²) in [5.41, 5.74) is 2.86. The van der Waals surface area contributed by atoms with Gasteiger partial charge >= 0.3 is 5.91 Å². The van der Waals surface area contributed by atoms with Crippen molar-refractivity contribution in [2.24, 2.45) is 5.84 Å². The highest BCUT2D eigenvalue weighted by Gasteiger charge is 2.35. The summed E-state index contributed by atoms with van der Waals surface area (Å²) in [7, 11) is 0. The van der Waals surface area contributed by atoms with Gasteiger partial charge in [0.2, 0.25) is 0 Å². The topological polar surface area (TPSA) is 106 Å². The summed E-state index contributed by atoms with van der Waals surface area (Å²) in [5, 5.41) is 0. The molecule has 0 saturated carbocycles. The van der Waals surface area contributed by atoms with E-state index in [0.717, 1.165) is 0 Å². The summed E-state index contributed by atoms with van der Waals surface area (Å²) in [4.78, 5) is 36.5. The minimum atomic E-state index is -0.613. The molecule has 0 atom stereocenters. The molecule has 0 saturated heterocycles. The highest BCUT2D eigenvalue weighted by atomic mass is 16.4. The largest absolute Gasteiger partial charge is 0.454 e. The molecule has 1 aliphatic heterocycles. The molecule has 0 spiro atoms. The molecule has 2 amide bonds. The molecule has 2 aromatic rings. The number of nitrogens with two attached hydrogens (primary N) is 1. The van der Waals surface area contributed by atoms with Gasteiger partial charge in [-0.25, -0.2) is 5.84 Å². The first-order chi connectivity index (χ1) is 10.1. The number of hydrogen-bond acceptors (Lipinski definition) is 5. The highest BCUT2D eigenvalue weighted by Crippen LogP contribution is 2.30. The summed E-state index contributed by atoms with van der Waals surface area (Å²) in [5.74, 6) is 3.71. The van der Waals surface area contributed by atoms with Crippen molar-refractivity contribution in [3.05, 3.63) is 53.5 Å². The number of fused-ring (bicyclic) bond motifs is 1. The number of carbonyl (C=O) groups is 3. The fourth-order valence-corrected chi connectivity index (χ4v) is 2.22. The van der Waals surface area contributed by atoms with Crippen LogP contribution in [0.25, 0.3) is 0 Å². The number of amides is 2. The molecule has 0 radical (unpaired) electrons. The van der Waals surface area contributed by atoms with Crippen LogP contribution >= 0.6 is 0 Å². The van der Waals surface area contributed by atoms with Crippen LogP contribution < -0.4 is 16.2 Å². The van der Waals surface area contributed by atoms with Crippen LogP contribution in [0.2, 0.25) is 0 Å². The Morgan fingerprint density at radius 3 is 2.71 bits per heavy atom. The number of ketones is 1. The van der Waals surface area contributed by atoms with Crippen LogP contribution in [0.4, 0.5) is 5.69 Å². The third-order valence-electron chi connectivity index (χ3n) is 3.21. The van der Waals surface area contributed by atoms with Crippen molar-refractivity contribution < 1.29 is 18.8 Å². The van der Waals surface area contributed by atoms with Gasteiger partial charge in [0.25, 0.3) is 11.7 Å². The molecule has 1 aromatic heterocycles. The van der Waals surface area contributed by atoms with Crippen LogP contribution in [0.5, 0.6) is 0 Å². The molecule has 7 nitrogen and oxygen atoms in total. The third kappa shape index (κ3) is 2.09. The van der Waals surface area contributed by atoms with Gasteiger partial charge in [-0.3, -0.25) is 24.7 Å². The predicted molar refractivity (Wildman–Crippen MR) is 72.3 cm³/mol. The van der Waals surface area contributed by atoms with Gasteiger partial charge in [-0.1, -0.05) is 12.1 Å². The molecule has 21 heavy (non-hydrogen) atoms. The van der Waals surface area contributed by atoms with Gasteiger partial charge in [-0.05, 0) is 24.3 Å². The van der Waals surface area contributed by atoms with Crippen LogP contribution in [0.3, 0.4) is 0 Å². The summed E-state index contributed by atoms with van der Waals surface area (Å²) < 4.78 is 5.30. The summed E-state index contributed by atoms with van der Waals surface area (Å²) in [6.45, 7) is 0.0689. The van der Waals surface area contributed by atoms with Crippen molar-refractivity contribution in [1.29, 1.82) is 0 Å². The zero-order valence-corrected chi connectivity index (χ0v) is 10.8. The molecule has 0 unspecified atom stereocenters. The second kappa shape index (κ2) is 4.88. The zero-order chi connectivity index (χ0) is 15.0. The molecule has 0 bridgehead atoms. The molecule has 0 aliphatic carbocycles. The Labute approximate surface area is 119 Å². The van der Waals surface area contributed by atoms with Crippen molar-refractivity contribution in [3.63, 3.8) is 0 Å². The Kier molecular flexibility index (Phi) is 3.03. The van der Waals surface area contributed by atoms with Gasteiger partial charge in [0.15, 0.2) is 5.76 Å². The van der Waals surface area contributed by atoms with E-state index in [1.807, 2.05) is 5.43 Å². The van der Waals surface area contributed by atoms with Crippen LogP contribution in [-0.4, -0.2) is 17.6 Å². The quantitative estimate of drug-likeness (QED) is 0.372. The van der Waals surface area contributed by atoms with Gasteiger partial charge in [0.1, 0.15) is 5.76 Å². The van der Waals surface area contributed by atoms with E-state index in [1.54, 1.807) is 30.3 Å². The van der Waals surface area contributed by atoms with Gasteiger partial charge in [0, 0.05) is 0 Å². The smallest absolute Gasteiger partial charge is 0.300 e. The standard InChI is InChI=1S/C14H11N3O4/c15-16-13(19)11-6-5-8(21-11)7-17-10-4-2-1-3-9(10)12(18)14(17)20/h1-6H,7,15H2,(H,16,19). The minimum Gasteiger partial charge on any atom is -0.454 e. The number of hydrazine groups is 1. The Morgan fingerprint density at radius 2 is 1.95 bits per heavy atom. The maximum Gasteiger partial charge on any atom is 0.300 e. The first-order valence-corrected chi connectivity index (χ1v) is 6.16. The van der Waals surface area contributed by atoms with Gasteiger partial charge in [0.05, 0.1) is 17.8 Å². The van der Waals surface area contributed by atoms with Gasteiger partial charge < -0.3 is 4.42 Å².